The van der Waals surface area contributed by atoms with E-state index < -0.39 is 0 Å². The summed E-state index contributed by atoms with van der Waals surface area (Å²) in [5.74, 6) is 0.727. The highest BCUT2D eigenvalue weighted by atomic mass is 32.1. The van der Waals surface area contributed by atoms with E-state index in [1.54, 1.807) is 11.3 Å². The Bertz CT molecular complexity index is 570. The van der Waals surface area contributed by atoms with Gasteiger partial charge in [-0.05, 0) is 25.0 Å². The normalized spacial score (nSPS) is 15.6. The Hall–Kier alpha value is -1.40. The lowest BCUT2D eigenvalue weighted by atomic mass is 10.4. The van der Waals surface area contributed by atoms with Crippen molar-refractivity contribution in [2.75, 3.05) is 48.9 Å². The van der Waals surface area contributed by atoms with Gasteiger partial charge in [-0.25, -0.2) is 4.68 Å². The van der Waals surface area contributed by atoms with Crippen LogP contribution in [0.3, 0.4) is 0 Å². The Labute approximate surface area is 116 Å². The number of fused-ring (bicyclic) bond motifs is 1. The van der Waals surface area contributed by atoms with Crippen LogP contribution in [0.15, 0.2) is 12.1 Å². The van der Waals surface area contributed by atoms with Crippen molar-refractivity contribution in [1.82, 2.24) is 4.68 Å². The fraction of sp³-hybridized carbons (Fsp3) is 0.538. The number of aliphatic hydroxyl groups excluding tert-OH is 1. The van der Waals surface area contributed by atoms with E-state index in [0.717, 1.165) is 24.4 Å². The summed E-state index contributed by atoms with van der Waals surface area (Å²) in [5.41, 5.74) is 7.20. The van der Waals surface area contributed by atoms with Crippen LogP contribution >= 0.6 is 11.3 Å². The first-order valence-electron chi connectivity index (χ1n) is 6.68. The van der Waals surface area contributed by atoms with Crippen molar-refractivity contribution in [2.45, 2.75) is 12.8 Å². The highest BCUT2D eigenvalue weighted by Crippen LogP contribution is 2.36. The van der Waals surface area contributed by atoms with E-state index in [0.29, 0.717) is 6.54 Å². The third-order valence-corrected chi connectivity index (χ3v) is 4.79. The lowest BCUT2D eigenvalue weighted by Gasteiger charge is -2.22. The predicted octanol–water partition coefficient (Wildman–Crippen LogP) is 1.45. The first kappa shape index (κ1) is 12.6. The van der Waals surface area contributed by atoms with Crippen molar-refractivity contribution >= 4 is 32.4 Å². The Morgan fingerprint density at radius 1 is 1.37 bits per heavy atom. The highest BCUT2D eigenvalue weighted by Gasteiger charge is 2.18. The number of likely N-dealkylation sites (N-methyl/N-ethyl adjacent to an activating group) is 1. The van der Waals surface area contributed by atoms with E-state index in [1.165, 1.54) is 22.5 Å². The first-order valence-corrected chi connectivity index (χ1v) is 7.50. The van der Waals surface area contributed by atoms with E-state index in [1.807, 2.05) is 22.8 Å². The van der Waals surface area contributed by atoms with Crippen molar-refractivity contribution in [3.8, 4) is 0 Å². The van der Waals surface area contributed by atoms with Crippen LogP contribution in [0.2, 0.25) is 0 Å². The quantitative estimate of drug-likeness (QED) is 0.890. The summed E-state index contributed by atoms with van der Waals surface area (Å²) in [6.45, 7) is 3.01. The van der Waals surface area contributed by atoms with Crippen molar-refractivity contribution in [2.24, 2.45) is 0 Å². The summed E-state index contributed by atoms with van der Waals surface area (Å²) in [4.78, 5) is 2.44. The number of nitrogen functional groups attached to an aromatic ring is 1. The molecule has 0 unspecified atom stereocenters. The van der Waals surface area contributed by atoms with Gasteiger partial charge in [0.1, 0.15) is 5.82 Å². The zero-order chi connectivity index (χ0) is 13.4. The van der Waals surface area contributed by atoms with Gasteiger partial charge in [-0.15, -0.1) is 11.3 Å². The van der Waals surface area contributed by atoms with E-state index in [-0.39, 0.29) is 6.61 Å². The number of aliphatic hydroxyl groups is 1. The molecule has 0 atom stereocenters. The summed E-state index contributed by atoms with van der Waals surface area (Å²) >= 11 is 1.80. The van der Waals surface area contributed by atoms with Crippen molar-refractivity contribution in [1.29, 1.82) is 0 Å². The molecular formula is C13H20N4OS. The summed E-state index contributed by atoms with van der Waals surface area (Å²) in [5, 5.41) is 12.4. The molecule has 1 aliphatic rings. The molecule has 0 spiro atoms. The maximum atomic E-state index is 9.07. The average molecular weight is 280 g/mol. The summed E-state index contributed by atoms with van der Waals surface area (Å²) in [6.07, 6.45) is 2.57. The molecular weight excluding hydrogens is 260 g/mol. The molecule has 1 aliphatic heterocycles. The van der Waals surface area contributed by atoms with E-state index in [4.69, 9.17) is 10.8 Å². The zero-order valence-electron chi connectivity index (χ0n) is 11.2. The van der Waals surface area contributed by atoms with Gasteiger partial charge in [-0.1, -0.05) is 0 Å². The van der Waals surface area contributed by atoms with Gasteiger partial charge >= 0.3 is 0 Å². The minimum Gasteiger partial charge on any atom is -0.394 e. The SMILES string of the molecule is CN(CCO)n1c(N)cc2sc(N3CCCC3)cc21. The molecule has 0 saturated carbocycles. The smallest absolute Gasteiger partial charge is 0.124 e. The van der Waals surface area contributed by atoms with Gasteiger partial charge in [0.15, 0.2) is 0 Å². The van der Waals surface area contributed by atoms with E-state index >= 15 is 0 Å². The number of nitrogens with zero attached hydrogens (tertiary/aromatic N) is 3. The molecule has 19 heavy (non-hydrogen) atoms. The van der Waals surface area contributed by atoms with Gasteiger partial charge in [0.25, 0.3) is 0 Å². The van der Waals surface area contributed by atoms with Crippen molar-refractivity contribution < 1.29 is 5.11 Å². The van der Waals surface area contributed by atoms with E-state index in [2.05, 4.69) is 11.0 Å². The molecule has 104 valence electrons. The summed E-state index contributed by atoms with van der Waals surface area (Å²) in [7, 11) is 1.94. The number of hydrogen-bond donors (Lipinski definition) is 2. The molecule has 3 N–H and O–H groups in total. The number of hydrogen-bond acceptors (Lipinski definition) is 5. The van der Waals surface area contributed by atoms with Crippen LogP contribution in [-0.2, 0) is 0 Å². The molecule has 0 radical (unpaired) electrons. The van der Waals surface area contributed by atoms with Crippen LogP contribution in [0.5, 0.6) is 0 Å². The number of nitrogens with two attached hydrogens (primary N) is 1. The largest absolute Gasteiger partial charge is 0.394 e. The fourth-order valence-corrected chi connectivity index (χ4v) is 3.84. The topological polar surface area (TPSA) is 57.7 Å². The first-order chi connectivity index (χ1) is 9.20. The number of aromatic nitrogens is 1. The molecule has 2 aromatic rings. The monoisotopic (exact) mass is 280 g/mol. The third kappa shape index (κ3) is 2.15. The van der Waals surface area contributed by atoms with Gasteiger partial charge in [0.05, 0.1) is 28.4 Å². The Morgan fingerprint density at radius 2 is 2.11 bits per heavy atom. The minimum absolute atomic E-state index is 0.124. The summed E-state index contributed by atoms with van der Waals surface area (Å²) < 4.78 is 3.20. The van der Waals surface area contributed by atoms with Crippen LogP contribution in [-0.4, -0.2) is 43.1 Å². The van der Waals surface area contributed by atoms with Crippen molar-refractivity contribution in [3.05, 3.63) is 12.1 Å². The molecule has 1 fully saturated rings. The van der Waals surface area contributed by atoms with E-state index in [9.17, 15) is 0 Å². The molecule has 0 aliphatic carbocycles. The highest BCUT2D eigenvalue weighted by molar-refractivity contribution is 7.22. The molecule has 2 aromatic heterocycles. The Morgan fingerprint density at radius 3 is 2.79 bits per heavy atom. The van der Waals surface area contributed by atoms with Crippen LogP contribution < -0.4 is 15.6 Å². The third-order valence-electron chi connectivity index (χ3n) is 3.66. The van der Waals surface area contributed by atoms with Gasteiger partial charge in [0.2, 0.25) is 0 Å². The van der Waals surface area contributed by atoms with Gasteiger partial charge in [0, 0.05) is 20.1 Å². The second-order valence-corrected chi connectivity index (χ2v) is 6.08. The summed E-state index contributed by atoms with van der Waals surface area (Å²) in [6, 6.07) is 4.24. The van der Waals surface area contributed by atoms with Crippen LogP contribution in [0, 0.1) is 0 Å². The molecule has 3 heterocycles. The van der Waals surface area contributed by atoms with Crippen LogP contribution in [0.4, 0.5) is 10.8 Å². The number of anilines is 2. The minimum atomic E-state index is 0.124. The van der Waals surface area contributed by atoms with Crippen LogP contribution in [0.1, 0.15) is 12.8 Å². The number of thiophene rings is 1. The lowest BCUT2D eigenvalue weighted by molar-refractivity contribution is 0.296. The average Bonchev–Trinajstić information content (AvgIpc) is 3.02. The number of rotatable bonds is 4. The maximum Gasteiger partial charge on any atom is 0.124 e. The van der Waals surface area contributed by atoms with Gasteiger partial charge in [-0.2, -0.15) is 0 Å². The lowest BCUT2D eigenvalue weighted by Crippen LogP contribution is -2.33. The Balaban J connectivity index is 1.99. The molecule has 5 nitrogen and oxygen atoms in total. The molecule has 1 saturated heterocycles. The fourth-order valence-electron chi connectivity index (χ4n) is 2.71. The molecule has 0 aromatic carbocycles. The van der Waals surface area contributed by atoms with Crippen molar-refractivity contribution in [3.63, 3.8) is 0 Å². The zero-order valence-corrected chi connectivity index (χ0v) is 12.0. The Kier molecular flexibility index (Phi) is 3.28. The van der Waals surface area contributed by atoms with Crippen LogP contribution in [0.25, 0.3) is 10.2 Å². The second-order valence-electron chi connectivity index (χ2n) is 5.01. The maximum absolute atomic E-state index is 9.07. The standard InChI is InChI=1S/C13H20N4OS/c1-15(6-7-18)17-10-8-13(16-4-2-3-5-16)19-11(10)9-12(17)14/h8-9,18H,2-7,14H2,1H3. The van der Waals surface area contributed by atoms with Gasteiger partial charge < -0.3 is 20.7 Å². The second kappa shape index (κ2) is 4.94. The molecule has 6 heteroatoms. The molecule has 3 rings (SSSR count). The predicted molar refractivity (Wildman–Crippen MR) is 81.8 cm³/mol. The molecule has 0 amide bonds. The molecule has 0 bridgehead atoms. The van der Waals surface area contributed by atoms with Gasteiger partial charge in [-0.3, -0.25) is 0 Å².